The third-order valence-corrected chi connectivity index (χ3v) is 4.69. The molecule has 0 saturated heterocycles. The topological polar surface area (TPSA) is 71.9 Å². The summed E-state index contributed by atoms with van der Waals surface area (Å²) in [7, 11) is 0. The number of hydrogen-bond donors (Lipinski definition) is 1. The number of halogens is 1. The van der Waals surface area contributed by atoms with Crippen LogP contribution in [0.5, 0.6) is 5.75 Å². The fourth-order valence-corrected chi connectivity index (χ4v) is 3.17. The van der Waals surface area contributed by atoms with Crippen LogP contribution in [-0.2, 0) is 6.61 Å². The zero-order valence-corrected chi connectivity index (χ0v) is 16.0. The summed E-state index contributed by atoms with van der Waals surface area (Å²) in [4.78, 5) is 4.33. The number of benzene rings is 3. The molecule has 2 N–H and O–H groups in total. The molecule has 0 fully saturated rings. The fourth-order valence-electron chi connectivity index (χ4n) is 3.17. The van der Waals surface area contributed by atoms with E-state index in [0.717, 1.165) is 11.1 Å². The third kappa shape index (κ3) is 4.13. The van der Waals surface area contributed by atoms with Crippen LogP contribution in [0.4, 0.5) is 10.2 Å². The summed E-state index contributed by atoms with van der Waals surface area (Å²) in [6.07, 6.45) is 0. The van der Waals surface area contributed by atoms with Crippen LogP contribution in [0, 0.1) is 17.1 Å². The van der Waals surface area contributed by atoms with Gasteiger partial charge in [0.15, 0.2) is 0 Å². The van der Waals surface area contributed by atoms with E-state index in [9.17, 15) is 9.65 Å². The van der Waals surface area contributed by atoms with E-state index in [-0.39, 0.29) is 11.6 Å². The molecule has 0 saturated carbocycles. The molecule has 0 aliphatic heterocycles. The van der Waals surface area contributed by atoms with Gasteiger partial charge in [0.25, 0.3) is 0 Å². The molecule has 0 radical (unpaired) electrons. The number of anilines is 1. The second-order valence-corrected chi connectivity index (χ2v) is 6.74. The van der Waals surface area contributed by atoms with E-state index in [0.29, 0.717) is 34.7 Å². The van der Waals surface area contributed by atoms with Crippen LogP contribution in [0.25, 0.3) is 22.4 Å². The maximum absolute atomic E-state index is 13.3. The number of ether oxygens (including phenoxy) is 1. The molecule has 4 rings (SSSR count). The summed E-state index contributed by atoms with van der Waals surface area (Å²) >= 11 is 0. The SMILES string of the molecule is N#Cc1c(-c2cccc(OCc3ccccc3)c2)cc(-c2ccc(F)cc2)nc1N. The highest BCUT2D eigenvalue weighted by molar-refractivity contribution is 5.80. The Morgan fingerprint density at radius 2 is 1.67 bits per heavy atom. The second kappa shape index (κ2) is 8.46. The molecule has 4 aromatic rings. The van der Waals surface area contributed by atoms with E-state index in [4.69, 9.17) is 10.5 Å². The van der Waals surface area contributed by atoms with Crippen LogP contribution in [0.1, 0.15) is 11.1 Å². The normalized spacial score (nSPS) is 10.4. The van der Waals surface area contributed by atoms with Crippen LogP contribution in [0.3, 0.4) is 0 Å². The van der Waals surface area contributed by atoms with Gasteiger partial charge in [-0.05, 0) is 53.6 Å². The molecule has 0 bridgehead atoms. The average molecular weight is 395 g/mol. The van der Waals surface area contributed by atoms with Crippen molar-refractivity contribution in [1.82, 2.24) is 4.98 Å². The van der Waals surface area contributed by atoms with Crippen molar-refractivity contribution >= 4 is 5.82 Å². The van der Waals surface area contributed by atoms with Gasteiger partial charge in [0.2, 0.25) is 0 Å². The first kappa shape index (κ1) is 19.2. The van der Waals surface area contributed by atoms with Crippen LogP contribution in [0.2, 0.25) is 0 Å². The molecule has 1 heterocycles. The average Bonchev–Trinajstić information content (AvgIpc) is 2.78. The van der Waals surface area contributed by atoms with E-state index in [1.807, 2.05) is 54.6 Å². The molecule has 0 aliphatic carbocycles. The molecule has 0 aliphatic rings. The molecule has 1 aromatic heterocycles. The first-order valence-corrected chi connectivity index (χ1v) is 9.38. The van der Waals surface area contributed by atoms with Gasteiger partial charge >= 0.3 is 0 Å². The third-order valence-electron chi connectivity index (χ3n) is 4.69. The molecule has 0 unspecified atom stereocenters. The number of nitriles is 1. The smallest absolute Gasteiger partial charge is 0.142 e. The lowest BCUT2D eigenvalue weighted by atomic mass is 9.98. The predicted octanol–water partition coefficient (Wildman–Crippen LogP) is 5.59. The molecule has 146 valence electrons. The Kier molecular flexibility index (Phi) is 5.40. The number of aromatic nitrogens is 1. The largest absolute Gasteiger partial charge is 0.489 e. The van der Waals surface area contributed by atoms with Gasteiger partial charge in [0, 0.05) is 11.1 Å². The predicted molar refractivity (Wildman–Crippen MR) is 115 cm³/mol. The molecule has 3 aromatic carbocycles. The van der Waals surface area contributed by atoms with Crippen LogP contribution in [-0.4, -0.2) is 4.98 Å². The quantitative estimate of drug-likeness (QED) is 0.478. The van der Waals surface area contributed by atoms with E-state index < -0.39 is 0 Å². The molecule has 30 heavy (non-hydrogen) atoms. The second-order valence-electron chi connectivity index (χ2n) is 6.74. The van der Waals surface area contributed by atoms with E-state index in [1.165, 1.54) is 12.1 Å². The molecular weight excluding hydrogens is 377 g/mol. The first-order valence-electron chi connectivity index (χ1n) is 9.38. The van der Waals surface area contributed by atoms with Crippen molar-refractivity contribution in [2.24, 2.45) is 0 Å². The Balaban J connectivity index is 1.70. The summed E-state index contributed by atoms with van der Waals surface area (Å²) in [6.45, 7) is 0.439. The van der Waals surface area contributed by atoms with Crippen molar-refractivity contribution in [3.05, 3.63) is 102 Å². The van der Waals surface area contributed by atoms with Crippen molar-refractivity contribution in [3.8, 4) is 34.2 Å². The molecule has 5 heteroatoms. The van der Waals surface area contributed by atoms with Crippen molar-refractivity contribution in [1.29, 1.82) is 5.26 Å². The summed E-state index contributed by atoms with van der Waals surface area (Å²) in [5.74, 6) is 0.479. The maximum atomic E-state index is 13.3. The number of nitrogens with two attached hydrogens (primary N) is 1. The first-order chi connectivity index (χ1) is 14.6. The van der Waals surface area contributed by atoms with E-state index >= 15 is 0 Å². The van der Waals surface area contributed by atoms with Crippen molar-refractivity contribution in [2.45, 2.75) is 6.61 Å². The number of pyridine rings is 1. The van der Waals surface area contributed by atoms with Gasteiger partial charge in [-0.2, -0.15) is 5.26 Å². The number of hydrogen-bond acceptors (Lipinski definition) is 4. The zero-order chi connectivity index (χ0) is 20.9. The van der Waals surface area contributed by atoms with Gasteiger partial charge in [0.1, 0.15) is 35.6 Å². The highest BCUT2D eigenvalue weighted by Crippen LogP contribution is 2.33. The van der Waals surface area contributed by atoms with Gasteiger partial charge < -0.3 is 10.5 Å². The Bertz CT molecular complexity index is 1220. The van der Waals surface area contributed by atoms with Gasteiger partial charge in [-0.15, -0.1) is 0 Å². The number of rotatable bonds is 5. The minimum Gasteiger partial charge on any atom is -0.489 e. The molecule has 4 nitrogen and oxygen atoms in total. The fraction of sp³-hybridized carbons (Fsp3) is 0.0400. The Labute approximate surface area is 174 Å². The molecule has 0 spiro atoms. The Morgan fingerprint density at radius 1 is 0.900 bits per heavy atom. The number of nitrogen functional groups attached to an aromatic ring is 1. The van der Waals surface area contributed by atoms with Crippen molar-refractivity contribution in [3.63, 3.8) is 0 Å². The highest BCUT2D eigenvalue weighted by Gasteiger charge is 2.14. The summed E-state index contributed by atoms with van der Waals surface area (Å²) in [6, 6.07) is 27.3. The minimum absolute atomic E-state index is 0.130. The van der Waals surface area contributed by atoms with Crippen molar-refractivity contribution < 1.29 is 9.13 Å². The lowest BCUT2D eigenvalue weighted by molar-refractivity contribution is 0.306. The zero-order valence-electron chi connectivity index (χ0n) is 16.0. The Morgan fingerprint density at radius 3 is 2.40 bits per heavy atom. The molecule has 0 atom stereocenters. The maximum Gasteiger partial charge on any atom is 0.142 e. The van der Waals surface area contributed by atoms with Gasteiger partial charge in [-0.1, -0.05) is 42.5 Å². The molecular formula is C25H18FN3O. The summed E-state index contributed by atoms with van der Waals surface area (Å²) in [5.41, 5.74) is 10.1. The lowest BCUT2D eigenvalue weighted by Crippen LogP contribution is -2.00. The van der Waals surface area contributed by atoms with Crippen LogP contribution < -0.4 is 10.5 Å². The highest BCUT2D eigenvalue weighted by atomic mass is 19.1. The monoisotopic (exact) mass is 395 g/mol. The molecule has 0 amide bonds. The van der Waals surface area contributed by atoms with Crippen LogP contribution in [0.15, 0.2) is 84.9 Å². The van der Waals surface area contributed by atoms with E-state index in [2.05, 4.69) is 11.1 Å². The van der Waals surface area contributed by atoms with E-state index in [1.54, 1.807) is 18.2 Å². The van der Waals surface area contributed by atoms with Crippen LogP contribution >= 0.6 is 0 Å². The standard InChI is InChI=1S/C25H18FN3O/c26-20-11-9-18(10-12-20)24-14-22(23(15-27)25(28)29-24)19-7-4-8-21(13-19)30-16-17-5-2-1-3-6-17/h1-14H,16H2,(H2,28,29). The minimum atomic E-state index is -0.330. The summed E-state index contributed by atoms with van der Waals surface area (Å²) < 4.78 is 19.2. The summed E-state index contributed by atoms with van der Waals surface area (Å²) in [5, 5.41) is 9.63. The number of nitrogens with zero attached hydrogens (tertiary/aromatic N) is 2. The Hall–Kier alpha value is -4.17. The van der Waals surface area contributed by atoms with Gasteiger partial charge in [0.05, 0.1) is 5.69 Å². The lowest BCUT2D eigenvalue weighted by Gasteiger charge is -2.12. The van der Waals surface area contributed by atoms with Gasteiger partial charge in [-0.3, -0.25) is 0 Å². The van der Waals surface area contributed by atoms with Crippen molar-refractivity contribution in [2.75, 3.05) is 5.73 Å². The van der Waals surface area contributed by atoms with Gasteiger partial charge in [-0.25, -0.2) is 9.37 Å².